The minimum Gasteiger partial charge on any atom is -0.394 e. The zero-order chi connectivity index (χ0) is 51.4. The summed E-state index contributed by atoms with van der Waals surface area (Å²) in [7, 11) is -5.08. The molecule has 0 radical (unpaired) electrons. The van der Waals surface area contributed by atoms with Gasteiger partial charge in [0.2, 0.25) is 23.6 Å². The summed E-state index contributed by atoms with van der Waals surface area (Å²) in [6.45, 7) is 4.71. The molecule has 0 unspecified atom stereocenters. The molecule has 0 aliphatic heterocycles. The monoisotopic (exact) mass is 1010 g/mol. The number of unbranched alkanes of at least 4 members (excludes halogenated alkanes) is 3. The molecule has 388 valence electrons. The van der Waals surface area contributed by atoms with Gasteiger partial charge in [0.25, 0.3) is 0 Å². The van der Waals surface area contributed by atoms with Gasteiger partial charge < -0.3 is 56.4 Å². The van der Waals surface area contributed by atoms with Gasteiger partial charge >= 0.3 is 7.82 Å². The van der Waals surface area contributed by atoms with Crippen LogP contribution in [0.2, 0.25) is 0 Å². The average molecular weight is 1010 g/mol. The number of rotatable bonds is 39. The van der Waals surface area contributed by atoms with Crippen molar-refractivity contribution in [3.8, 4) is 0 Å². The highest BCUT2D eigenvalue weighted by atomic mass is 32.1. The minimum atomic E-state index is -5.08. The van der Waals surface area contributed by atoms with Gasteiger partial charge in [-0.15, -0.1) is 0 Å². The first-order valence-electron chi connectivity index (χ1n) is 23.4. The van der Waals surface area contributed by atoms with Crippen molar-refractivity contribution in [1.29, 1.82) is 0 Å². The first-order valence-corrected chi connectivity index (χ1v) is 25.5. The number of aromatic nitrogens is 2. The SMILES string of the molecule is CC(C)C[C@H](NC(=O)CN(CCCCCCc1ccccc1)C(=O)CCOCCOCCCC(=O)[C@@H](N)CS)C(=O)C[C@@H](Cc1ncc[nH]1)C(=O)N[C@@H](CO)C(=O)C[C@H](C(N)=O)[C@@H](C)OP(=O)(O)O. The van der Waals surface area contributed by atoms with Gasteiger partial charge in [-0.3, -0.25) is 38.1 Å². The Morgan fingerprint density at radius 1 is 0.855 bits per heavy atom. The second-order valence-corrected chi connectivity index (χ2v) is 18.9. The summed E-state index contributed by atoms with van der Waals surface area (Å²) >= 11 is 4.04. The van der Waals surface area contributed by atoms with Gasteiger partial charge in [-0.2, -0.15) is 12.6 Å². The number of aliphatic hydroxyl groups excluding tert-OH is 1. The Kier molecular flexibility index (Phi) is 29.3. The second-order valence-electron chi connectivity index (χ2n) is 17.4. The van der Waals surface area contributed by atoms with E-state index in [1.54, 1.807) is 0 Å². The molecule has 0 bridgehead atoms. The highest BCUT2D eigenvalue weighted by Crippen LogP contribution is 2.39. The normalized spacial score (nSPS) is 14.3. The number of hydrogen-bond donors (Lipinski definition) is 9. The quantitative estimate of drug-likeness (QED) is 0.0262. The molecule has 69 heavy (non-hydrogen) atoms. The zero-order valence-electron chi connectivity index (χ0n) is 40.0. The number of hydrogen-bond acceptors (Lipinski definition) is 15. The fourth-order valence-electron chi connectivity index (χ4n) is 7.30. The van der Waals surface area contributed by atoms with E-state index in [1.807, 2.05) is 32.0 Å². The third-order valence-electron chi connectivity index (χ3n) is 11.1. The van der Waals surface area contributed by atoms with E-state index < -0.39 is 92.6 Å². The summed E-state index contributed by atoms with van der Waals surface area (Å²) in [4.78, 5) is 119. The summed E-state index contributed by atoms with van der Waals surface area (Å²) < 4.78 is 27.1. The third kappa shape index (κ3) is 25.9. The van der Waals surface area contributed by atoms with E-state index in [1.165, 1.54) is 22.9 Å². The van der Waals surface area contributed by atoms with E-state index in [4.69, 9.17) is 20.9 Å². The molecule has 21 nitrogen and oxygen atoms in total. The maximum atomic E-state index is 14.1. The van der Waals surface area contributed by atoms with Gasteiger partial charge in [-0.05, 0) is 50.5 Å². The molecular weight excluding hydrogens is 938 g/mol. The molecule has 0 fully saturated rings. The molecule has 2 aromatic rings. The number of aliphatic hydroxyl groups is 1. The van der Waals surface area contributed by atoms with Gasteiger partial charge in [0.05, 0.1) is 69.4 Å². The number of nitrogens with one attached hydrogen (secondary N) is 3. The molecule has 1 aromatic carbocycles. The van der Waals surface area contributed by atoms with Crippen LogP contribution in [0.3, 0.4) is 0 Å². The highest BCUT2D eigenvalue weighted by molar-refractivity contribution is 7.80. The first kappa shape index (κ1) is 60.7. The molecule has 0 saturated carbocycles. The Morgan fingerprint density at radius 2 is 1.52 bits per heavy atom. The van der Waals surface area contributed by atoms with Gasteiger partial charge in [-0.25, -0.2) is 9.55 Å². The highest BCUT2D eigenvalue weighted by Gasteiger charge is 2.36. The molecule has 23 heteroatoms. The number of thiol groups is 1. The van der Waals surface area contributed by atoms with Crippen LogP contribution in [-0.2, 0) is 65.0 Å². The minimum absolute atomic E-state index is 0.0178. The second kappa shape index (κ2) is 33.2. The van der Waals surface area contributed by atoms with Crippen molar-refractivity contribution in [1.82, 2.24) is 25.5 Å². The lowest BCUT2D eigenvalue weighted by Crippen LogP contribution is -2.50. The number of Topliss-reactive ketones (excluding diaryl/α,β-unsaturated/α-hetero) is 3. The maximum absolute atomic E-state index is 14.1. The van der Waals surface area contributed by atoms with Crippen molar-refractivity contribution in [2.75, 3.05) is 51.9 Å². The molecule has 6 atom stereocenters. The topological polar surface area (TPSA) is 333 Å². The largest absolute Gasteiger partial charge is 0.469 e. The number of aryl methyl sites for hydroxylation is 1. The third-order valence-corrected chi connectivity index (χ3v) is 12.1. The number of amides is 4. The van der Waals surface area contributed by atoms with Gasteiger partial charge in [0, 0.05) is 57.0 Å². The molecule has 1 heterocycles. The van der Waals surface area contributed by atoms with E-state index in [2.05, 4.69) is 49.9 Å². The van der Waals surface area contributed by atoms with Crippen LogP contribution >= 0.6 is 20.5 Å². The summed E-state index contributed by atoms with van der Waals surface area (Å²) in [5, 5.41) is 15.3. The Hall–Kier alpha value is -4.38. The number of nitrogens with zero attached hydrogens (tertiary/aromatic N) is 2. The zero-order valence-corrected chi connectivity index (χ0v) is 41.8. The predicted octanol–water partition coefficient (Wildman–Crippen LogP) is 1.76. The van der Waals surface area contributed by atoms with Crippen LogP contribution in [0.4, 0.5) is 0 Å². The van der Waals surface area contributed by atoms with Crippen LogP contribution in [0.5, 0.6) is 0 Å². The van der Waals surface area contributed by atoms with Gasteiger partial charge in [0.1, 0.15) is 17.6 Å². The van der Waals surface area contributed by atoms with Crippen LogP contribution in [0, 0.1) is 17.8 Å². The number of H-pyrrole nitrogens is 1. The summed E-state index contributed by atoms with van der Waals surface area (Å²) in [6.07, 6.45) is 5.31. The van der Waals surface area contributed by atoms with Crippen molar-refractivity contribution in [2.45, 2.75) is 122 Å². The van der Waals surface area contributed by atoms with E-state index in [-0.39, 0.29) is 82.0 Å². The Morgan fingerprint density at radius 3 is 2.13 bits per heavy atom. The number of nitrogens with two attached hydrogens (primary N) is 2. The van der Waals surface area contributed by atoms with Crippen molar-refractivity contribution in [3.63, 3.8) is 0 Å². The number of phosphoric ester groups is 1. The average Bonchev–Trinajstić information content (AvgIpc) is 3.81. The molecule has 4 amide bonds. The van der Waals surface area contributed by atoms with Crippen molar-refractivity contribution >= 4 is 61.4 Å². The Bertz CT molecular complexity index is 1920. The smallest absolute Gasteiger partial charge is 0.394 e. The lowest BCUT2D eigenvalue weighted by Gasteiger charge is -2.26. The number of carbonyl (C=O) groups excluding carboxylic acids is 7. The lowest BCUT2D eigenvalue weighted by molar-refractivity contribution is -0.138. The summed E-state index contributed by atoms with van der Waals surface area (Å²) in [5.74, 6) is -6.59. The van der Waals surface area contributed by atoms with E-state index in [0.717, 1.165) is 32.6 Å². The number of phosphoric acid groups is 1. The van der Waals surface area contributed by atoms with Crippen molar-refractivity contribution < 1.29 is 67.0 Å². The van der Waals surface area contributed by atoms with E-state index >= 15 is 0 Å². The predicted molar refractivity (Wildman–Crippen MR) is 258 cm³/mol. The maximum Gasteiger partial charge on any atom is 0.469 e. The van der Waals surface area contributed by atoms with E-state index in [0.29, 0.717) is 25.3 Å². The number of primary amides is 1. The lowest BCUT2D eigenvalue weighted by atomic mass is 9.90. The molecule has 2 rings (SSSR count). The molecular formula is C46H74N7O14PS. The van der Waals surface area contributed by atoms with Crippen LogP contribution in [-0.4, -0.2) is 147 Å². The number of ether oxygens (including phenoxy) is 2. The van der Waals surface area contributed by atoms with Crippen LogP contribution in [0.25, 0.3) is 0 Å². The molecule has 0 aliphatic carbocycles. The first-order chi connectivity index (χ1) is 32.7. The number of ketones is 3. The van der Waals surface area contributed by atoms with Crippen molar-refractivity contribution in [3.05, 3.63) is 54.1 Å². The van der Waals surface area contributed by atoms with Gasteiger partial charge in [-0.1, -0.05) is 57.0 Å². The fraction of sp³-hybridized carbons (Fsp3) is 0.652. The number of carbonyl (C=O) groups is 7. The van der Waals surface area contributed by atoms with E-state index in [9.17, 15) is 53.0 Å². The van der Waals surface area contributed by atoms with Crippen LogP contribution in [0.15, 0.2) is 42.7 Å². The molecule has 0 spiro atoms. The van der Waals surface area contributed by atoms with Crippen LogP contribution < -0.4 is 22.1 Å². The summed E-state index contributed by atoms with van der Waals surface area (Å²) in [6, 6.07) is 6.81. The number of aromatic amines is 1. The molecule has 0 aliphatic rings. The standard InChI is InChI=1S/C46H74N7O14PS/c1-31(2)24-37(40(56)25-34(26-42-49-17-18-50-42)46(61)52-38(29-54)41(57)27-35(45(48)60)32(3)67-68(62,63)64)51-43(58)28-53(19-10-5-4-7-12-33-13-8-6-9-14-33)44(59)16-21-66-23-22-65-20-11-15-39(55)36(47)30-69/h6,8-9,13-14,17-18,31-32,34-38,54,69H,4-5,7,10-12,15-16,19-30,47H2,1-3H3,(H2,48,60)(H,49,50)(H,51,58)(H,52,61)(H2,62,63,64)/t32-,34+,35+,36+,37+,38+/m1/s1. The number of imidazole rings is 1. The summed E-state index contributed by atoms with van der Waals surface area (Å²) in [5.41, 5.74) is 12.3. The Labute approximate surface area is 410 Å². The molecule has 1 aromatic heterocycles. The number of benzene rings is 1. The molecule has 0 saturated heterocycles. The molecule has 10 N–H and O–H groups in total. The van der Waals surface area contributed by atoms with Crippen LogP contribution in [0.1, 0.15) is 96.4 Å². The van der Waals surface area contributed by atoms with Gasteiger partial charge in [0.15, 0.2) is 11.6 Å². The fourth-order valence-corrected chi connectivity index (χ4v) is 8.09. The Balaban J connectivity index is 2.14. The van der Waals surface area contributed by atoms with Crippen molar-refractivity contribution in [2.24, 2.45) is 29.2 Å².